The highest BCUT2D eigenvalue weighted by Gasteiger charge is 2.25. The van der Waals surface area contributed by atoms with Gasteiger partial charge in [0.05, 0.1) is 12.6 Å². The molecule has 1 saturated heterocycles. The van der Waals surface area contributed by atoms with Crippen LogP contribution in [0.25, 0.3) is 0 Å². The molecule has 1 rings (SSSR count). The number of likely N-dealkylation sites (tertiary alicyclic amines) is 1. The summed E-state index contributed by atoms with van der Waals surface area (Å²) in [6, 6.07) is -0.131. The summed E-state index contributed by atoms with van der Waals surface area (Å²) >= 11 is 0. The summed E-state index contributed by atoms with van der Waals surface area (Å²) in [5, 5.41) is 11.7. The van der Waals surface area contributed by atoms with E-state index in [0.29, 0.717) is 5.92 Å². The second kappa shape index (κ2) is 6.51. The van der Waals surface area contributed by atoms with Gasteiger partial charge in [0.2, 0.25) is 5.91 Å². The first-order valence-electron chi connectivity index (χ1n) is 5.75. The van der Waals surface area contributed by atoms with Crippen LogP contribution >= 0.6 is 0 Å². The first-order valence-corrected chi connectivity index (χ1v) is 5.75. The molecule has 0 spiro atoms. The lowest BCUT2D eigenvalue weighted by Crippen LogP contribution is -2.48. The predicted molar refractivity (Wildman–Crippen MR) is 62.7 cm³/mol. The first-order chi connectivity index (χ1) is 7.69. The van der Waals surface area contributed by atoms with Gasteiger partial charge in [0, 0.05) is 6.61 Å². The molecule has 0 aliphatic carbocycles. The van der Waals surface area contributed by atoms with Crippen molar-refractivity contribution in [2.24, 2.45) is 5.92 Å². The van der Waals surface area contributed by atoms with Gasteiger partial charge >= 0.3 is 0 Å². The Hall–Kier alpha value is -1.05. The zero-order valence-corrected chi connectivity index (χ0v) is 9.78. The molecule has 1 unspecified atom stereocenters. The molecule has 1 aliphatic heterocycles. The molecule has 16 heavy (non-hydrogen) atoms. The summed E-state index contributed by atoms with van der Waals surface area (Å²) in [4.78, 5) is 13.8. The van der Waals surface area contributed by atoms with Crippen LogP contribution in [0.2, 0.25) is 0 Å². The van der Waals surface area contributed by atoms with Crippen LogP contribution < -0.4 is 5.32 Å². The monoisotopic (exact) mass is 224 g/mol. The SMILES string of the molecule is C#CCNC(=O)C(C)N1CCC(CO)CC1. The zero-order valence-electron chi connectivity index (χ0n) is 9.78. The minimum atomic E-state index is -0.131. The molecule has 1 amide bonds. The fourth-order valence-corrected chi connectivity index (χ4v) is 1.97. The maximum atomic E-state index is 11.7. The fourth-order valence-electron chi connectivity index (χ4n) is 1.97. The Kier molecular flexibility index (Phi) is 5.30. The molecule has 1 aliphatic rings. The molecule has 0 saturated carbocycles. The number of aliphatic hydroxyl groups excluding tert-OH is 1. The van der Waals surface area contributed by atoms with E-state index in [4.69, 9.17) is 11.5 Å². The molecule has 1 heterocycles. The minimum Gasteiger partial charge on any atom is -0.396 e. The quantitative estimate of drug-likeness (QED) is 0.652. The van der Waals surface area contributed by atoms with E-state index >= 15 is 0 Å². The number of terminal acetylenes is 1. The van der Waals surface area contributed by atoms with Gasteiger partial charge in [-0.25, -0.2) is 0 Å². The second-order valence-corrected chi connectivity index (χ2v) is 4.26. The summed E-state index contributed by atoms with van der Waals surface area (Å²) in [5.41, 5.74) is 0. The Labute approximate surface area is 97.0 Å². The van der Waals surface area contributed by atoms with Crippen molar-refractivity contribution in [1.29, 1.82) is 0 Å². The number of carbonyl (C=O) groups excluding carboxylic acids is 1. The van der Waals surface area contributed by atoms with Crippen LogP contribution in [0, 0.1) is 18.3 Å². The highest BCUT2D eigenvalue weighted by atomic mass is 16.3. The standard InChI is InChI=1S/C12H20N2O2/c1-3-6-13-12(16)10(2)14-7-4-11(9-15)5-8-14/h1,10-11,15H,4-9H2,2H3,(H,13,16). The number of nitrogens with zero attached hydrogens (tertiary/aromatic N) is 1. The van der Waals surface area contributed by atoms with Gasteiger partial charge < -0.3 is 10.4 Å². The van der Waals surface area contributed by atoms with Crippen LogP contribution in [0.4, 0.5) is 0 Å². The van der Waals surface area contributed by atoms with Crippen LogP contribution in [0.15, 0.2) is 0 Å². The van der Waals surface area contributed by atoms with Gasteiger partial charge in [0.15, 0.2) is 0 Å². The summed E-state index contributed by atoms with van der Waals surface area (Å²) in [7, 11) is 0. The molecule has 4 heteroatoms. The number of aliphatic hydroxyl groups is 1. The molecule has 0 aromatic carbocycles. The molecule has 0 aromatic heterocycles. The third-order valence-electron chi connectivity index (χ3n) is 3.20. The molecular formula is C12H20N2O2. The van der Waals surface area contributed by atoms with Gasteiger partial charge in [-0.2, -0.15) is 0 Å². The number of piperidine rings is 1. The van der Waals surface area contributed by atoms with Crippen molar-refractivity contribution in [1.82, 2.24) is 10.2 Å². The highest BCUT2D eigenvalue weighted by Crippen LogP contribution is 2.18. The smallest absolute Gasteiger partial charge is 0.237 e. The molecule has 0 bridgehead atoms. The summed E-state index contributed by atoms with van der Waals surface area (Å²) in [5.74, 6) is 2.78. The van der Waals surface area contributed by atoms with Crippen LogP contribution in [0.3, 0.4) is 0 Å². The molecule has 2 N–H and O–H groups in total. The molecule has 90 valence electrons. The zero-order chi connectivity index (χ0) is 12.0. The van der Waals surface area contributed by atoms with E-state index in [9.17, 15) is 4.79 Å². The van der Waals surface area contributed by atoms with E-state index in [1.807, 2.05) is 6.92 Å². The maximum Gasteiger partial charge on any atom is 0.237 e. The molecule has 0 radical (unpaired) electrons. The molecular weight excluding hydrogens is 204 g/mol. The number of hydrogen-bond donors (Lipinski definition) is 2. The van der Waals surface area contributed by atoms with Crippen molar-refractivity contribution in [2.75, 3.05) is 26.2 Å². The normalized spacial score (nSPS) is 20.1. The highest BCUT2D eigenvalue weighted by molar-refractivity contribution is 5.81. The Morgan fingerprint density at radius 2 is 2.25 bits per heavy atom. The van der Waals surface area contributed by atoms with E-state index in [2.05, 4.69) is 16.1 Å². The number of rotatable bonds is 4. The van der Waals surface area contributed by atoms with Gasteiger partial charge in [-0.3, -0.25) is 9.69 Å². The van der Waals surface area contributed by atoms with Crippen molar-refractivity contribution >= 4 is 5.91 Å². The average Bonchev–Trinajstić information content (AvgIpc) is 2.35. The van der Waals surface area contributed by atoms with E-state index in [-0.39, 0.29) is 25.1 Å². The average molecular weight is 224 g/mol. The lowest BCUT2D eigenvalue weighted by molar-refractivity contribution is -0.126. The van der Waals surface area contributed by atoms with Crippen molar-refractivity contribution in [2.45, 2.75) is 25.8 Å². The van der Waals surface area contributed by atoms with Gasteiger partial charge in [-0.1, -0.05) is 5.92 Å². The van der Waals surface area contributed by atoms with Gasteiger partial charge in [-0.05, 0) is 38.8 Å². The third kappa shape index (κ3) is 3.51. The number of nitrogens with one attached hydrogen (secondary N) is 1. The Morgan fingerprint density at radius 3 is 2.75 bits per heavy atom. The van der Waals surface area contributed by atoms with Crippen molar-refractivity contribution < 1.29 is 9.90 Å². The Balaban J connectivity index is 2.35. The molecule has 4 nitrogen and oxygen atoms in total. The van der Waals surface area contributed by atoms with E-state index in [0.717, 1.165) is 25.9 Å². The van der Waals surface area contributed by atoms with Crippen LogP contribution in [0.5, 0.6) is 0 Å². The van der Waals surface area contributed by atoms with Crippen LogP contribution in [-0.2, 0) is 4.79 Å². The van der Waals surface area contributed by atoms with Crippen LogP contribution in [-0.4, -0.2) is 48.2 Å². The third-order valence-corrected chi connectivity index (χ3v) is 3.20. The van der Waals surface area contributed by atoms with E-state index in [1.54, 1.807) is 0 Å². The topological polar surface area (TPSA) is 52.6 Å². The number of amides is 1. The summed E-state index contributed by atoms with van der Waals surface area (Å²) < 4.78 is 0. The predicted octanol–water partition coefficient (Wildman–Crippen LogP) is -0.171. The Morgan fingerprint density at radius 1 is 1.62 bits per heavy atom. The summed E-state index contributed by atoms with van der Waals surface area (Å²) in [6.45, 7) is 4.18. The van der Waals surface area contributed by atoms with Gasteiger partial charge in [0.25, 0.3) is 0 Å². The van der Waals surface area contributed by atoms with Crippen LogP contribution in [0.1, 0.15) is 19.8 Å². The van der Waals surface area contributed by atoms with Gasteiger partial charge in [0.1, 0.15) is 0 Å². The van der Waals surface area contributed by atoms with Crippen molar-refractivity contribution in [3.63, 3.8) is 0 Å². The minimum absolute atomic E-state index is 0.0135. The number of hydrogen-bond acceptors (Lipinski definition) is 3. The van der Waals surface area contributed by atoms with Gasteiger partial charge in [-0.15, -0.1) is 6.42 Å². The molecule has 0 aromatic rings. The lowest BCUT2D eigenvalue weighted by Gasteiger charge is -2.34. The largest absolute Gasteiger partial charge is 0.396 e. The number of carbonyl (C=O) groups is 1. The summed E-state index contributed by atoms with van der Waals surface area (Å²) in [6.07, 6.45) is 7.01. The molecule has 1 atom stereocenters. The second-order valence-electron chi connectivity index (χ2n) is 4.26. The lowest BCUT2D eigenvalue weighted by atomic mass is 9.97. The Bertz CT molecular complexity index is 265. The molecule has 1 fully saturated rings. The van der Waals surface area contributed by atoms with E-state index in [1.165, 1.54) is 0 Å². The first kappa shape index (κ1) is 13.0. The fraction of sp³-hybridized carbons (Fsp3) is 0.750. The van der Waals surface area contributed by atoms with Crippen molar-refractivity contribution in [3.8, 4) is 12.3 Å². The van der Waals surface area contributed by atoms with Crippen molar-refractivity contribution in [3.05, 3.63) is 0 Å². The van der Waals surface area contributed by atoms with E-state index < -0.39 is 0 Å². The maximum absolute atomic E-state index is 11.7.